The highest BCUT2D eigenvalue weighted by Gasteiger charge is 2.21. The number of benzene rings is 1. The predicted molar refractivity (Wildman–Crippen MR) is 104 cm³/mol. The molecular weight excluding hydrogens is 406 g/mol. The monoisotopic (exact) mass is 417 g/mol. The van der Waals surface area contributed by atoms with E-state index in [1.807, 2.05) is 0 Å². The maximum atomic E-state index is 12.8. The lowest BCUT2D eigenvalue weighted by Gasteiger charge is -2.11. The van der Waals surface area contributed by atoms with Gasteiger partial charge in [0.1, 0.15) is 0 Å². The van der Waals surface area contributed by atoms with Crippen molar-refractivity contribution in [1.29, 1.82) is 0 Å². The number of thioether (sulfide) groups is 1. The van der Waals surface area contributed by atoms with E-state index in [0.717, 1.165) is 10.6 Å². The Bertz CT molecular complexity index is 1150. The largest absolute Gasteiger partial charge is 0.434 e. The van der Waals surface area contributed by atoms with E-state index in [1.165, 1.54) is 17.8 Å². The van der Waals surface area contributed by atoms with E-state index < -0.39 is 10.0 Å². The first kappa shape index (κ1) is 17.8. The summed E-state index contributed by atoms with van der Waals surface area (Å²) in [6.07, 6.45) is 3.38. The van der Waals surface area contributed by atoms with Crippen molar-refractivity contribution in [2.75, 3.05) is 4.72 Å². The highest BCUT2D eigenvalue weighted by atomic mass is 35.5. The maximum Gasteiger partial charge on any atom is 0.295 e. The van der Waals surface area contributed by atoms with E-state index in [2.05, 4.69) is 26.8 Å². The SMILES string of the molecule is O=S(=O)(Nc1cc(Cl)ccc1SCc1c[nH]cn1)c1cc2ccc#cc2o1. The normalized spacial score (nSPS) is 11.4. The molecule has 0 saturated carbocycles. The molecule has 27 heavy (non-hydrogen) atoms. The van der Waals surface area contributed by atoms with Gasteiger partial charge in [0.05, 0.1) is 17.7 Å². The Hall–Kier alpha value is -2.60. The Balaban J connectivity index is 1.63. The fourth-order valence-corrected chi connectivity index (χ4v) is 4.56. The molecule has 0 radical (unpaired) electrons. The van der Waals surface area contributed by atoms with Gasteiger partial charge in [-0.1, -0.05) is 17.7 Å². The predicted octanol–water partition coefficient (Wildman–Crippen LogP) is 4.50. The Labute approximate surface area is 165 Å². The van der Waals surface area contributed by atoms with Crippen LogP contribution in [0.5, 0.6) is 0 Å². The summed E-state index contributed by atoms with van der Waals surface area (Å²) in [6, 6.07) is 15.3. The minimum absolute atomic E-state index is 0.198. The Morgan fingerprint density at radius 3 is 2.96 bits per heavy atom. The quantitative estimate of drug-likeness (QED) is 0.451. The first-order valence-electron chi connectivity index (χ1n) is 7.76. The number of sulfonamides is 1. The number of fused-ring (bicyclic) bond motifs is 1. The molecule has 0 saturated heterocycles. The molecule has 0 fully saturated rings. The number of aromatic amines is 1. The summed E-state index contributed by atoms with van der Waals surface area (Å²) >= 11 is 7.51. The molecule has 2 heterocycles. The van der Waals surface area contributed by atoms with Crippen LogP contribution in [0.3, 0.4) is 0 Å². The number of nitrogens with one attached hydrogen (secondary N) is 2. The number of halogens is 1. The van der Waals surface area contributed by atoms with Gasteiger partial charge in [0.2, 0.25) is 5.09 Å². The lowest BCUT2D eigenvalue weighted by atomic mass is 10.3. The zero-order valence-electron chi connectivity index (χ0n) is 13.7. The Morgan fingerprint density at radius 2 is 2.19 bits per heavy atom. The molecule has 0 aliphatic rings. The molecule has 2 aromatic heterocycles. The molecule has 0 unspecified atom stereocenters. The van der Waals surface area contributed by atoms with E-state index >= 15 is 0 Å². The van der Waals surface area contributed by atoms with E-state index in [-0.39, 0.29) is 5.09 Å². The van der Waals surface area contributed by atoms with Crippen LogP contribution >= 0.6 is 23.4 Å². The molecule has 0 bridgehead atoms. The smallest absolute Gasteiger partial charge is 0.295 e. The van der Waals surface area contributed by atoms with Crippen LogP contribution in [0.4, 0.5) is 5.69 Å². The average Bonchev–Trinajstić information content (AvgIpc) is 3.30. The van der Waals surface area contributed by atoms with Crippen LogP contribution in [0.1, 0.15) is 5.69 Å². The van der Waals surface area contributed by atoms with Gasteiger partial charge < -0.3 is 9.40 Å². The van der Waals surface area contributed by atoms with Crippen molar-refractivity contribution in [1.82, 2.24) is 9.97 Å². The summed E-state index contributed by atoms with van der Waals surface area (Å²) in [7, 11) is -3.93. The molecule has 9 heteroatoms. The van der Waals surface area contributed by atoms with E-state index in [1.54, 1.807) is 42.9 Å². The average molecular weight is 418 g/mol. The van der Waals surface area contributed by atoms with Crippen molar-refractivity contribution in [3.63, 3.8) is 0 Å². The van der Waals surface area contributed by atoms with Crippen LogP contribution in [0.25, 0.3) is 11.0 Å². The molecule has 2 N–H and O–H groups in total. The number of imidazole rings is 1. The summed E-state index contributed by atoms with van der Waals surface area (Å²) in [5.74, 6) is 0.579. The number of anilines is 1. The third-order valence-electron chi connectivity index (χ3n) is 3.65. The van der Waals surface area contributed by atoms with Crippen LogP contribution < -0.4 is 4.72 Å². The number of hydrogen-bond acceptors (Lipinski definition) is 5. The first-order valence-corrected chi connectivity index (χ1v) is 10.6. The molecule has 4 aromatic rings. The van der Waals surface area contributed by atoms with Gasteiger partial charge in [-0.15, -0.1) is 11.8 Å². The van der Waals surface area contributed by atoms with Gasteiger partial charge in [-0.2, -0.15) is 8.42 Å². The van der Waals surface area contributed by atoms with Crippen molar-refractivity contribution in [2.24, 2.45) is 0 Å². The summed E-state index contributed by atoms with van der Waals surface area (Å²) in [4.78, 5) is 7.77. The third-order valence-corrected chi connectivity index (χ3v) is 6.21. The number of hydrogen-bond donors (Lipinski definition) is 2. The number of furan rings is 1. The molecule has 0 aliphatic carbocycles. The third kappa shape index (κ3) is 3.90. The van der Waals surface area contributed by atoms with E-state index in [4.69, 9.17) is 16.0 Å². The van der Waals surface area contributed by atoms with Gasteiger partial charge in [-0.05, 0) is 36.4 Å². The van der Waals surface area contributed by atoms with Crippen LogP contribution in [0.15, 0.2) is 63.3 Å². The molecule has 0 atom stereocenters. The molecule has 2 aromatic carbocycles. The second kappa shape index (κ2) is 7.19. The minimum atomic E-state index is -3.93. The van der Waals surface area contributed by atoms with Crippen molar-refractivity contribution < 1.29 is 12.8 Å². The summed E-state index contributed by atoms with van der Waals surface area (Å²) in [5, 5.41) is 0.856. The molecule has 6 nitrogen and oxygen atoms in total. The lowest BCUT2D eigenvalue weighted by molar-refractivity contribution is 0.484. The number of aromatic nitrogens is 2. The van der Waals surface area contributed by atoms with Crippen molar-refractivity contribution in [3.05, 3.63) is 71.8 Å². The molecule has 136 valence electrons. The molecular formula is C18H12ClN3O3S2. The van der Waals surface area contributed by atoms with Gasteiger partial charge >= 0.3 is 0 Å². The van der Waals surface area contributed by atoms with Crippen LogP contribution in [-0.4, -0.2) is 18.4 Å². The number of H-pyrrole nitrogens is 1. The fraction of sp³-hybridized carbons (Fsp3) is 0.0556. The standard InChI is InChI=1S/C18H12ClN3O3S2/c19-13-5-6-17(26-10-14-9-20-11-21-14)15(8-13)22-27(23,24)18-7-12-3-1-2-4-16(12)25-18/h1,3,5-9,11,22H,10H2,(H,20,21). The highest BCUT2D eigenvalue weighted by molar-refractivity contribution is 7.98. The second-order valence-corrected chi connectivity index (χ2v) is 8.61. The van der Waals surface area contributed by atoms with Crippen molar-refractivity contribution in [3.8, 4) is 0 Å². The topological polar surface area (TPSA) is 88.0 Å². The van der Waals surface area contributed by atoms with Crippen LogP contribution in [0.2, 0.25) is 5.02 Å². The van der Waals surface area contributed by atoms with Gasteiger partial charge in [0.15, 0.2) is 5.58 Å². The summed E-state index contributed by atoms with van der Waals surface area (Å²) < 4.78 is 33.5. The second-order valence-electron chi connectivity index (χ2n) is 5.55. The van der Waals surface area contributed by atoms with E-state index in [0.29, 0.717) is 27.4 Å². The van der Waals surface area contributed by atoms with Gasteiger partial charge in [0.25, 0.3) is 10.0 Å². The van der Waals surface area contributed by atoms with Crippen LogP contribution in [0, 0.1) is 12.1 Å². The Kier molecular flexibility index (Phi) is 4.74. The summed E-state index contributed by atoms with van der Waals surface area (Å²) in [6.45, 7) is 0. The Morgan fingerprint density at radius 1 is 1.30 bits per heavy atom. The van der Waals surface area contributed by atoms with Crippen molar-refractivity contribution in [2.45, 2.75) is 15.7 Å². The minimum Gasteiger partial charge on any atom is -0.434 e. The summed E-state index contributed by atoms with van der Waals surface area (Å²) in [5.41, 5.74) is 1.56. The first-order chi connectivity index (χ1) is 13.0. The van der Waals surface area contributed by atoms with Gasteiger partial charge in [-0.25, -0.2) is 4.98 Å². The highest BCUT2D eigenvalue weighted by Crippen LogP contribution is 2.33. The number of nitrogens with zero attached hydrogens (tertiary/aromatic N) is 1. The lowest BCUT2D eigenvalue weighted by Crippen LogP contribution is -2.12. The van der Waals surface area contributed by atoms with Crippen molar-refractivity contribution >= 4 is 50.0 Å². The molecule has 0 aliphatic heterocycles. The zero-order chi connectivity index (χ0) is 18.9. The van der Waals surface area contributed by atoms with Gasteiger partial charge in [-0.3, -0.25) is 4.72 Å². The fourth-order valence-electron chi connectivity index (χ4n) is 2.40. The maximum absolute atomic E-state index is 12.8. The van der Waals surface area contributed by atoms with Crippen LogP contribution in [-0.2, 0) is 15.8 Å². The zero-order valence-corrected chi connectivity index (χ0v) is 16.1. The van der Waals surface area contributed by atoms with E-state index in [9.17, 15) is 8.42 Å². The van der Waals surface area contributed by atoms with Gasteiger partial charge in [0, 0.05) is 33.3 Å². The molecule has 4 rings (SSSR count). The molecule has 0 spiro atoms. The molecule has 0 amide bonds. The number of rotatable bonds is 6.